The maximum atomic E-state index is 9.77. The smallest absolute Gasteiger partial charge is 0.243 e. The number of aromatic nitrogens is 2. The first-order valence-corrected chi connectivity index (χ1v) is 8.28. The third kappa shape index (κ3) is 2.77. The standard InChI is InChI=1S/C19H22N4O3/c1-19(2,3)16-15-14(11-8-10(24-4)6-7-13(11)25-5)12(9-20)17(21)26-18(15)23-22-16/h6-8,12,14,21H,1-5H3,(H,22,23). The van der Waals surface area contributed by atoms with E-state index in [2.05, 4.69) is 37.0 Å². The molecule has 2 atom stereocenters. The highest BCUT2D eigenvalue weighted by Crippen LogP contribution is 2.48. The van der Waals surface area contributed by atoms with Crippen molar-refractivity contribution >= 4 is 5.90 Å². The molecule has 1 aliphatic rings. The molecule has 2 N–H and O–H groups in total. The fourth-order valence-corrected chi connectivity index (χ4v) is 3.31. The molecule has 0 amide bonds. The summed E-state index contributed by atoms with van der Waals surface area (Å²) in [7, 11) is 3.17. The number of fused-ring (bicyclic) bond motifs is 1. The summed E-state index contributed by atoms with van der Waals surface area (Å²) < 4.78 is 16.4. The number of ether oxygens (including phenoxy) is 3. The van der Waals surface area contributed by atoms with E-state index in [9.17, 15) is 5.26 Å². The van der Waals surface area contributed by atoms with Gasteiger partial charge in [0.15, 0.2) is 0 Å². The SMILES string of the molecule is COc1ccc(OC)c(C2c3c(n[nH]c3C(C)(C)C)OC(=N)C2C#N)c1. The lowest BCUT2D eigenvalue weighted by Crippen LogP contribution is -2.32. The first kappa shape index (κ1) is 17.8. The summed E-state index contributed by atoms with van der Waals surface area (Å²) >= 11 is 0. The number of H-pyrrole nitrogens is 1. The van der Waals surface area contributed by atoms with E-state index in [4.69, 9.17) is 19.6 Å². The first-order valence-electron chi connectivity index (χ1n) is 8.28. The van der Waals surface area contributed by atoms with Gasteiger partial charge in [0, 0.05) is 28.2 Å². The minimum absolute atomic E-state index is 0.123. The molecule has 2 heterocycles. The van der Waals surface area contributed by atoms with Crippen molar-refractivity contribution in [1.82, 2.24) is 10.2 Å². The average molecular weight is 354 g/mol. The molecule has 7 heteroatoms. The first-order chi connectivity index (χ1) is 12.3. The Kier molecular flexibility index (Phi) is 4.36. The van der Waals surface area contributed by atoms with Crippen LogP contribution in [0.25, 0.3) is 0 Å². The molecule has 0 saturated heterocycles. The molecule has 0 aliphatic carbocycles. The number of nitriles is 1. The number of benzene rings is 1. The van der Waals surface area contributed by atoms with Crippen LogP contribution in [-0.4, -0.2) is 30.3 Å². The van der Waals surface area contributed by atoms with Gasteiger partial charge in [-0.2, -0.15) is 5.26 Å². The van der Waals surface area contributed by atoms with Gasteiger partial charge in [0.2, 0.25) is 11.8 Å². The van der Waals surface area contributed by atoms with Gasteiger partial charge >= 0.3 is 0 Å². The number of aromatic amines is 1. The summed E-state index contributed by atoms with van der Waals surface area (Å²) in [6, 6.07) is 7.66. The molecule has 2 unspecified atom stereocenters. The van der Waals surface area contributed by atoms with Crippen LogP contribution in [-0.2, 0) is 5.41 Å². The average Bonchev–Trinajstić information content (AvgIpc) is 3.03. The lowest BCUT2D eigenvalue weighted by molar-refractivity contribution is 0.387. The quantitative estimate of drug-likeness (QED) is 0.879. The van der Waals surface area contributed by atoms with Gasteiger partial charge in [-0.1, -0.05) is 20.8 Å². The Morgan fingerprint density at radius 1 is 1.27 bits per heavy atom. The lowest BCUT2D eigenvalue weighted by atomic mass is 9.75. The third-order valence-corrected chi connectivity index (χ3v) is 4.56. The van der Waals surface area contributed by atoms with Crippen molar-refractivity contribution in [2.24, 2.45) is 5.92 Å². The predicted octanol–water partition coefficient (Wildman–Crippen LogP) is 3.37. The zero-order chi connectivity index (χ0) is 19.1. The van der Waals surface area contributed by atoms with Crippen molar-refractivity contribution in [3.63, 3.8) is 0 Å². The predicted molar refractivity (Wildman–Crippen MR) is 96.1 cm³/mol. The Labute approximate surface area is 152 Å². The molecule has 0 bridgehead atoms. The van der Waals surface area contributed by atoms with Gasteiger partial charge in [0.05, 0.1) is 20.3 Å². The number of nitrogens with one attached hydrogen (secondary N) is 2. The molecule has 0 saturated carbocycles. The highest BCUT2D eigenvalue weighted by Gasteiger charge is 2.43. The van der Waals surface area contributed by atoms with E-state index >= 15 is 0 Å². The molecule has 2 aromatic rings. The summed E-state index contributed by atoms with van der Waals surface area (Å²) in [4.78, 5) is 0. The van der Waals surface area contributed by atoms with Gasteiger partial charge < -0.3 is 14.2 Å². The van der Waals surface area contributed by atoms with Crippen LogP contribution in [0.5, 0.6) is 17.4 Å². The van der Waals surface area contributed by atoms with Crippen molar-refractivity contribution in [3.05, 3.63) is 35.0 Å². The zero-order valence-corrected chi connectivity index (χ0v) is 15.5. The maximum Gasteiger partial charge on any atom is 0.243 e. The second kappa shape index (κ2) is 6.37. The fourth-order valence-electron chi connectivity index (χ4n) is 3.31. The summed E-state index contributed by atoms with van der Waals surface area (Å²) in [6.07, 6.45) is 0. The molecule has 26 heavy (non-hydrogen) atoms. The van der Waals surface area contributed by atoms with Crippen LogP contribution in [0.2, 0.25) is 0 Å². The Balaban J connectivity index is 2.31. The molecule has 0 radical (unpaired) electrons. The number of hydrogen-bond acceptors (Lipinski definition) is 6. The van der Waals surface area contributed by atoms with Gasteiger partial charge in [-0.25, -0.2) is 0 Å². The zero-order valence-electron chi connectivity index (χ0n) is 15.5. The fraction of sp³-hybridized carbons (Fsp3) is 0.421. The minimum Gasteiger partial charge on any atom is -0.497 e. The second-order valence-electron chi connectivity index (χ2n) is 7.23. The van der Waals surface area contributed by atoms with Crippen LogP contribution in [0.1, 0.15) is 43.5 Å². The number of methoxy groups -OCH3 is 2. The van der Waals surface area contributed by atoms with Crippen LogP contribution in [0.4, 0.5) is 0 Å². The molecule has 1 aromatic heterocycles. The van der Waals surface area contributed by atoms with Crippen LogP contribution in [0.15, 0.2) is 18.2 Å². The molecule has 1 aromatic carbocycles. The van der Waals surface area contributed by atoms with E-state index in [1.807, 2.05) is 6.07 Å². The molecule has 7 nitrogen and oxygen atoms in total. The van der Waals surface area contributed by atoms with E-state index in [-0.39, 0.29) is 11.3 Å². The topological polar surface area (TPSA) is 104 Å². The number of rotatable bonds is 3. The van der Waals surface area contributed by atoms with Crippen LogP contribution in [0, 0.1) is 22.7 Å². The minimum atomic E-state index is -0.790. The van der Waals surface area contributed by atoms with Crippen molar-refractivity contribution in [2.75, 3.05) is 14.2 Å². The van der Waals surface area contributed by atoms with Gasteiger partial charge in [-0.15, -0.1) is 5.10 Å². The van der Waals surface area contributed by atoms with Crippen molar-refractivity contribution in [3.8, 4) is 23.4 Å². The molecular weight excluding hydrogens is 332 g/mol. The molecule has 0 fully saturated rings. The van der Waals surface area contributed by atoms with Crippen molar-refractivity contribution in [1.29, 1.82) is 10.7 Å². The van der Waals surface area contributed by atoms with E-state index in [1.54, 1.807) is 26.4 Å². The third-order valence-electron chi connectivity index (χ3n) is 4.56. The Bertz CT molecular complexity index is 889. The van der Waals surface area contributed by atoms with Crippen LogP contribution >= 0.6 is 0 Å². The van der Waals surface area contributed by atoms with E-state index in [0.717, 1.165) is 16.8 Å². The van der Waals surface area contributed by atoms with Gasteiger partial charge in [0.25, 0.3) is 0 Å². The van der Waals surface area contributed by atoms with Crippen LogP contribution < -0.4 is 14.2 Å². The summed E-state index contributed by atoms with van der Waals surface area (Å²) in [5, 5.41) is 25.2. The van der Waals surface area contributed by atoms with E-state index < -0.39 is 11.8 Å². The highest BCUT2D eigenvalue weighted by atomic mass is 16.5. The molecule has 136 valence electrons. The largest absolute Gasteiger partial charge is 0.497 e. The maximum absolute atomic E-state index is 9.77. The molecular formula is C19H22N4O3. The van der Waals surface area contributed by atoms with Gasteiger partial charge in [-0.3, -0.25) is 10.5 Å². The number of hydrogen-bond donors (Lipinski definition) is 2. The second-order valence-corrected chi connectivity index (χ2v) is 7.23. The Morgan fingerprint density at radius 2 is 2.00 bits per heavy atom. The normalized spacial score (nSPS) is 19.3. The van der Waals surface area contributed by atoms with Crippen molar-refractivity contribution in [2.45, 2.75) is 32.1 Å². The molecule has 1 aliphatic heterocycles. The van der Waals surface area contributed by atoms with Gasteiger partial charge in [-0.05, 0) is 18.2 Å². The van der Waals surface area contributed by atoms with E-state index in [0.29, 0.717) is 17.4 Å². The Morgan fingerprint density at radius 3 is 2.58 bits per heavy atom. The van der Waals surface area contributed by atoms with Crippen molar-refractivity contribution < 1.29 is 14.2 Å². The Hall–Kier alpha value is -3.01. The lowest BCUT2D eigenvalue weighted by Gasteiger charge is -2.31. The number of nitrogens with zero attached hydrogens (tertiary/aromatic N) is 2. The van der Waals surface area contributed by atoms with E-state index in [1.165, 1.54) is 0 Å². The highest BCUT2D eigenvalue weighted by molar-refractivity contribution is 5.85. The molecule has 0 spiro atoms. The van der Waals surface area contributed by atoms with Gasteiger partial charge in [0.1, 0.15) is 17.4 Å². The summed E-state index contributed by atoms with van der Waals surface area (Å²) in [5.74, 6) is 0.246. The molecule has 3 rings (SSSR count). The summed E-state index contributed by atoms with van der Waals surface area (Å²) in [6.45, 7) is 6.17. The summed E-state index contributed by atoms with van der Waals surface area (Å²) in [5.41, 5.74) is 2.18. The van der Waals surface area contributed by atoms with Crippen LogP contribution in [0.3, 0.4) is 0 Å². The monoisotopic (exact) mass is 354 g/mol.